The maximum atomic E-state index is 13.5. The van der Waals surface area contributed by atoms with E-state index < -0.39 is 0 Å². The van der Waals surface area contributed by atoms with Gasteiger partial charge in [0.2, 0.25) is 5.91 Å². The molecule has 0 radical (unpaired) electrons. The topological polar surface area (TPSA) is 79.8 Å². The van der Waals surface area contributed by atoms with Crippen LogP contribution in [0.1, 0.15) is 6.92 Å². The first kappa shape index (κ1) is 21.4. The molecule has 0 spiro atoms. The molecule has 6 nitrogen and oxygen atoms in total. The van der Waals surface area contributed by atoms with Gasteiger partial charge in [-0.05, 0) is 37.3 Å². The van der Waals surface area contributed by atoms with E-state index in [2.05, 4.69) is 16.9 Å². The van der Waals surface area contributed by atoms with Crippen LogP contribution in [0.5, 0.6) is 0 Å². The second-order valence-electron chi connectivity index (χ2n) is 6.94. The number of allylic oxidation sites excluding steroid dienone is 1. The Morgan fingerprint density at radius 2 is 1.84 bits per heavy atom. The summed E-state index contributed by atoms with van der Waals surface area (Å²) >= 11 is 1.22. The molecule has 32 heavy (non-hydrogen) atoms. The minimum atomic E-state index is -0.223. The molecule has 4 rings (SSSR count). The molecule has 0 aliphatic rings. The highest BCUT2D eigenvalue weighted by Gasteiger charge is 2.17. The Morgan fingerprint density at radius 1 is 1.16 bits per heavy atom. The molecule has 160 valence electrons. The average Bonchev–Trinajstić information content (AvgIpc) is 3.16. The number of para-hydroxylation sites is 2. The molecule has 4 aromatic rings. The monoisotopic (exact) mass is 442 g/mol. The van der Waals surface area contributed by atoms with Crippen molar-refractivity contribution in [1.82, 2.24) is 14.5 Å². The van der Waals surface area contributed by atoms with Gasteiger partial charge in [0.05, 0.1) is 11.4 Å². The number of thioether (sulfide) groups is 1. The van der Waals surface area contributed by atoms with Gasteiger partial charge in [-0.25, -0.2) is 4.98 Å². The van der Waals surface area contributed by atoms with E-state index in [0.29, 0.717) is 21.9 Å². The number of amides is 1. The molecule has 2 heterocycles. The van der Waals surface area contributed by atoms with Crippen LogP contribution in [0.4, 0.5) is 5.69 Å². The first-order valence-corrected chi connectivity index (χ1v) is 11.1. The van der Waals surface area contributed by atoms with Crippen molar-refractivity contribution >= 4 is 46.5 Å². The van der Waals surface area contributed by atoms with E-state index in [-0.39, 0.29) is 17.2 Å². The first-order valence-electron chi connectivity index (χ1n) is 10.1. The Morgan fingerprint density at radius 3 is 2.50 bits per heavy atom. The fraction of sp³-hybridized carbons (Fsp3) is 0.0800. The molecule has 0 bridgehead atoms. The molecule has 0 atom stereocenters. The minimum Gasteiger partial charge on any atom is -0.349 e. The molecule has 2 N–H and O–H groups in total. The number of hydrogen-bond acceptors (Lipinski definition) is 4. The normalized spacial score (nSPS) is 12.3. The van der Waals surface area contributed by atoms with Crippen molar-refractivity contribution < 1.29 is 4.79 Å². The van der Waals surface area contributed by atoms with Crippen LogP contribution < -0.4 is 21.4 Å². The smallest absolute Gasteiger partial charge is 0.283 e. The van der Waals surface area contributed by atoms with Crippen LogP contribution in [-0.2, 0) is 4.79 Å². The quantitative estimate of drug-likeness (QED) is 0.355. The summed E-state index contributed by atoms with van der Waals surface area (Å²) in [5.41, 5.74) is 2.17. The molecule has 1 amide bonds. The lowest BCUT2D eigenvalue weighted by molar-refractivity contribution is -0.113. The van der Waals surface area contributed by atoms with Crippen molar-refractivity contribution in [3.05, 3.63) is 94.2 Å². The number of carbonyl (C=O) groups excluding carboxylic acids is 1. The van der Waals surface area contributed by atoms with Crippen LogP contribution in [0.15, 0.2) is 83.3 Å². The van der Waals surface area contributed by atoms with Gasteiger partial charge >= 0.3 is 0 Å². The fourth-order valence-corrected chi connectivity index (χ4v) is 4.24. The van der Waals surface area contributed by atoms with Gasteiger partial charge in [-0.2, -0.15) is 0 Å². The van der Waals surface area contributed by atoms with Gasteiger partial charge in [0, 0.05) is 16.3 Å². The number of hydrogen-bond donors (Lipinski definition) is 2. The van der Waals surface area contributed by atoms with Crippen molar-refractivity contribution in [3.8, 4) is 5.69 Å². The van der Waals surface area contributed by atoms with Crippen molar-refractivity contribution in [2.24, 2.45) is 0 Å². The number of aromatic nitrogens is 3. The van der Waals surface area contributed by atoms with Gasteiger partial charge in [-0.15, -0.1) is 0 Å². The number of benzene rings is 2. The number of carbonyl (C=O) groups is 1. The summed E-state index contributed by atoms with van der Waals surface area (Å²) in [7, 11) is 0. The van der Waals surface area contributed by atoms with Gasteiger partial charge < -0.3 is 10.3 Å². The Hall–Kier alpha value is -3.84. The maximum Gasteiger partial charge on any atom is 0.283 e. The van der Waals surface area contributed by atoms with Gasteiger partial charge in [0.15, 0.2) is 5.16 Å². The zero-order valence-corrected chi connectivity index (χ0v) is 18.4. The summed E-state index contributed by atoms with van der Waals surface area (Å²) in [6.45, 7) is 5.64. The molecule has 0 fully saturated rings. The lowest BCUT2D eigenvalue weighted by Crippen LogP contribution is -2.24. The minimum absolute atomic E-state index is 0.112. The molecule has 0 saturated carbocycles. The fourth-order valence-electron chi connectivity index (χ4n) is 3.43. The lowest BCUT2D eigenvalue weighted by atomic mass is 10.3. The molecular weight excluding hydrogens is 420 g/mol. The van der Waals surface area contributed by atoms with Gasteiger partial charge in [0.25, 0.3) is 5.56 Å². The Balaban J connectivity index is 1.81. The van der Waals surface area contributed by atoms with E-state index in [9.17, 15) is 9.59 Å². The van der Waals surface area contributed by atoms with Crippen molar-refractivity contribution in [2.75, 3.05) is 11.1 Å². The van der Waals surface area contributed by atoms with E-state index in [1.807, 2.05) is 79.7 Å². The van der Waals surface area contributed by atoms with E-state index in [1.165, 1.54) is 16.3 Å². The second-order valence-corrected chi connectivity index (χ2v) is 7.88. The van der Waals surface area contributed by atoms with E-state index >= 15 is 0 Å². The SMILES string of the molecule is C=CC=c1[nH]c2c(=O)n(-c3ccccc3)c(SCC(=O)Nc3ccccc3)nc2c1=CC. The Labute approximate surface area is 189 Å². The highest BCUT2D eigenvalue weighted by atomic mass is 32.2. The number of nitrogens with one attached hydrogen (secondary N) is 2. The standard InChI is InChI=1S/C25H22N4O2S/c1-3-11-20-19(4-2)22-23(27-20)24(31)29(18-14-9-6-10-15-18)25(28-22)32-16-21(30)26-17-12-7-5-8-13-17/h3-15,27H,1,16H2,2H3,(H,26,30). The molecule has 2 aromatic carbocycles. The van der Waals surface area contributed by atoms with Crippen LogP contribution in [0.2, 0.25) is 0 Å². The molecule has 0 aliphatic heterocycles. The summed E-state index contributed by atoms with van der Waals surface area (Å²) in [6, 6.07) is 18.6. The van der Waals surface area contributed by atoms with Gasteiger partial charge in [-0.3, -0.25) is 14.2 Å². The summed E-state index contributed by atoms with van der Waals surface area (Å²) in [4.78, 5) is 34.0. The van der Waals surface area contributed by atoms with Gasteiger partial charge in [0.1, 0.15) is 11.0 Å². The summed E-state index contributed by atoms with van der Waals surface area (Å²) < 4.78 is 1.54. The second kappa shape index (κ2) is 9.53. The van der Waals surface area contributed by atoms with Crippen LogP contribution >= 0.6 is 11.8 Å². The number of H-pyrrole nitrogens is 1. The molecular formula is C25H22N4O2S. The molecule has 0 saturated heterocycles. The predicted molar refractivity (Wildman–Crippen MR) is 132 cm³/mol. The highest BCUT2D eigenvalue weighted by Crippen LogP contribution is 2.20. The highest BCUT2D eigenvalue weighted by molar-refractivity contribution is 7.99. The molecule has 0 unspecified atom stereocenters. The Kier molecular flexibility index (Phi) is 6.37. The van der Waals surface area contributed by atoms with Crippen molar-refractivity contribution in [1.29, 1.82) is 0 Å². The molecule has 7 heteroatoms. The largest absolute Gasteiger partial charge is 0.349 e. The number of fused-ring (bicyclic) bond motifs is 1. The summed E-state index contributed by atoms with van der Waals surface area (Å²) in [6.07, 6.45) is 5.38. The van der Waals surface area contributed by atoms with Crippen LogP contribution in [0.25, 0.3) is 28.9 Å². The third-order valence-electron chi connectivity index (χ3n) is 4.83. The molecule has 2 aromatic heterocycles. The van der Waals surface area contributed by atoms with Crippen molar-refractivity contribution in [3.63, 3.8) is 0 Å². The summed E-state index contributed by atoms with van der Waals surface area (Å²) in [5.74, 6) is -0.0619. The average molecular weight is 443 g/mol. The van der Waals surface area contributed by atoms with Crippen LogP contribution in [0.3, 0.4) is 0 Å². The van der Waals surface area contributed by atoms with E-state index in [4.69, 9.17) is 4.98 Å². The Bertz CT molecular complexity index is 1460. The lowest BCUT2D eigenvalue weighted by Gasteiger charge is -2.12. The predicted octanol–water partition coefficient (Wildman–Crippen LogP) is 3.21. The number of rotatable bonds is 6. The number of nitrogens with zero attached hydrogens (tertiary/aromatic N) is 2. The zero-order valence-electron chi connectivity index (χ0n) is 17.5. The third-order valence-corrected chi connectivity index (χ3v) is 5.77. The first-order chi connectivity index (χ1) is 15.6. The maximum absolute atomic E-state index is 13.5. The van der Waals surface area contributed by atoms with E-state index in [0.717, 1.165) is 16.3 Å². The number of aromatic amines is 1. The van der Waals surface area contributed by atoms with Crippen molar-refractivity contribution in [2.45, 2.75) is 12.1 Å². The zero-order chi connectivity index (χ0) is 22.5. The summed E-state index contributed by atoms with van der Waals surface area (Å²) in [5, 5.41) is 4.91. The number of anilines is 1. The van der Waals surface area contributed by atoms with E-state index in [1.54, 1.807) is 6.08 Å². The molecule has 0 aliphatic carbocycles. The van der Waals surface area contributed by atoms with Crippen LogP contribution in [0, 0.1) is 0 Å². The third kappa shape index (κ3) is 4.29. The van der Waals surface area contributed by atoms with Gasteiger partial charge in [-0.1, -0.05) is 66.9 Å². The van der Waals surface area contributed by atoms with Crippen LogP contribution in [-0.4, -0.2) is 26.2 Å².